The predicted molar refractivity (Wildman–Crippen MR) is 98.3 cm³/mol. The number of carbonyl (C=O) groups excluding carboxylic acids is 1. The number of hydrogen-bond acceptors (Lipinski definition) is 5. The van der Waals surface area contributed by atoms with Crippen LogP contribution in [0.4, 0.5) is 5.69 Å². The first kappa shape index (κ1) is 17.3. The Labute approximate surface area is 148 Å². The van der Waals surface area contributed by atoms with E-state index in [1.54, 1.807) is 19.2 Å². The van der Waals surface area contributed by atoms with Gasteiger partial charge in [-0.2, -0.15) is 0 Å². The van der Waals surface area contributed by atoms with Crippen LogP contribution in [0.1, 0.15) is 6.92 Å². The summed E-state index contributed by atoms with van der Waals surface area (Å²) in [5.41, 5.74) is 1.15. The lowest BCUT2D eigenvalue weighted by Gasteiger charge is -2.38. The van der Waals surface area contributed by atoms with Crippen LogP contribution in [0.15, 0.2) is 54.6 Å². The van der Waals surface area contributed by atoms with Crippen LogP contribution in [-0.4, -0.2) is 50.2 Å². The molecule has 2 aromatic rings. The number of esters is 1. The lowest BCUT2D eigenvalue weighted by molar-refractivity contribution is -0.140. The normalized spacial score (nSPS) is 16.3. The molecule has 1 fully saturated rings. The average molecular weight is 340 g/mol. The largest absolute Gasteiger partial charge is 0.497 e. The molecule has 0 radical (unpaired) electrons. The molecule has 0 spiro atoms. The molecule has 1 aliphatic heterocycles. The zero-order valence-corrected chi connectivity index (χ0v) is 14.7. The number of benzene rings is 2. The van der Waals surface area contributed by atoms with Crippen molar-refractivity contribution in [2.24, 2.45) is 0 Å². The Morgan fingerprint density at radius 1 is 0.960 bits per heavy atom. The van der Waals surface area contributed by atoms with Crippen molar-refractivity contribution < 1.29 is 14.3 Å². The van der Waals surface area contributed by atoms with Crippen molar-refractivity contribution >= 4 is 11.7 Å². The number of carbonyl (C=O) groups is 1. The van der Waals surface area contributed by atoms with Crippen molar-refractivity contribution in [2.45, 2.75) is 13.0 Å². The zero-order chi connectivity index (χ0) is 17.6. The fourth-order valence-electron chi connectivity index (χ4n) is 3.01. The maximum Gasteiger partial charge on any atom is 0.328 e. The lowest BCUT2D eigenvalue weighted by atomic mass is 10.2. The predicted octanol–water partition coefficient (Wildman–Crippen LogP) is 2.81. The first-order valence-electron chi connectivity index (χ1n) is 8.57. The highest BCUT2D eigenvalue weighted by Crippen LogP contribution is 2.22. The molecule has 25 heavy (non-hydrogen) atoms. The van der Waals surface area contributed by atoms with Gasteiger partial charge in [-0.05, 0) is 31.2 Å². The van der Waals surface area contributed by atoms with E-state index in [2.05, 4.69) is 15.9 Å². The third-order valence-electron chi connectivity index (χ3n) is 4.58. The van der Waals surface area contributed by atoms with Gasteiger partial charge in [-0.25, -0.2) is 4.79 Å². The van der Waals surface area contributed by atoms with Crippen LogP contribution in [0, 0.1) is 0 Å². The minimum absolute atomic E-state index is 0.207. The van der Waals surface area contributed by atoms with Crippen LogP contribution >= 0.6 is 0 Å². The number of rotatable bonds is 5. The Kier molecular flexibility index (Phi) is 5.56. The van der Waals surface area contributed by atoms with Gasteiger partial charge in [-0.1, -0.05) is 24.3 Å². The van der Waals surface area contributed by atoms with Crippen LogP contribution in [0.3, 0.4) is 0 Å². The second-order valence-corrected chi connectivity index (χ2v) is 6.13. The van der Waals surface area contributed by atoms with E-state index in [0.29, 0.717) is 5.75 Å². The molecule has 1 heterocycles. The van der Waals surface area contributed by atoms with E-state index in [1.165, 1.54) is 0 Å². The molecule has 132 valence electrons. The number of piperazine rings is 1. The maximum atomic E-state index is 12.4. The molecule has 1 aliphatic rings. The van der Waals surface area contributed by atoms with Gasteiger partial charge < -0.3 is 14.4 Å². The number of hydrogen-bond donors (Lipinski definition) is 0. The Morgan fingerprint density at radius 2 is 1.64 bits per heavy atom. The second kappa shape index (κ2) is 8.03. The Morgan fingerprint density at radius 3 is 2.32 bits per heavy atom. The van der Waals surface area contributed by atoms with Crippen LogP contribution < -0.4 is 14.4 Å². The second-order valence-electron chi connectivity index (χ2n) is 6.13. The van der Waals surface area contributed by atoms with E-state index in [1.807, 2.05) is 43.3 Å². The number of nitrogens with zero attached hydrogens (tertiary/aromatic N) is 2. The van der Waals surface area contributed by atoms with Crippen molar-refractivity contribution in [3.63, 3.8) is 0 Å². The highest BCUT2D eigenvalue weighted by molar-refractivity contribution is 5.77. The SMILES string of the molecule is COc1cccc(N2CCN(C(C)C(=O)Oc3ccccc3)CC2)c1. The molecule has 3 rings (SSSR count). The van der Waals surface area contributed by atoms with Gasteiger partial charge in [0.25, 0.3) is 0 Å². The van der Waals surface area contributed by atoms with Gasteiger partial charge in [0.05, 0.1) is 7.11 Å². The topological polar surface area (TPSA) is 42.0 Å². The van der Waals surface area contributed by atoms with Gasteiger partial charge in [0.1, 0.15) is 17.5 Å². The van der Waals surface area contributed by atoms with E-state index in [9.17, 15) is 4.79 Å². The third kappa shape index (κ3) is 4.31. The molecule has 0 aromatic heterocycles. The van der Waals surface area contributed by atoms with Gasteiger partial charge in [0, 0.05) is 37.9 Å². The van der Waals surface area contributed by atoms with E-state index in [4.69, 9.17) is 9.47 Å². The van der Waals surface area contributed by atoms with E-state index >= 15 is 0 Å². The Balaban J connectivity index is 1.55. The summed E-state index contributed by atoms with van der Waals surface area (Å²) in [6, 6.07) is 17.0. The lowest BCUT2D eigenvalue weighted by Crippen LogP contribution is -2.52. The van der Waals surface area contributed by atoms with Crippen molar-refractivity contribution in [1.82, 2.24) is 4.90 Å². The van der Waals surface area contributed by atoms with E-state index in [0.717, 1.165) is 37.6 Å². The molecule has 5 nitrogen and oxygen atoms in total. The van der Waals surface area contributed by atoms with Crippen LogP contribution in [-0.2, 0) is 4.79 Å². The summed E-state index contributed by atoms with van der Waals surface area (Å²) < 4.78 is 10.8. The molecule has 0 saturated carbocycles. The summed E-state index contributed by atoms with van der Waals surface area (Å²) in [6.07, 6.45) is 0. The van der Waals surface area contributed by atoms with Gasteiger partial charge in [-0.15, -0.1) is 0 Å². The molecule has 1 saturated heterocycles. The van der Waals surface area contributed by atoms with Crippen molar-refractivity contribution in [3.8, 4) is 11.5 Å². The summed E-state index contributed by atoms with van der Waals surface area (Å²) in [5.74, 6) is 1.25. The zero-order valence-electron chi connectivity index (χ0n) is 14.7. The van der Waals surface area contributed by atoms with E-state index < -0.39 is 0 Å². The van der Waals surface area contributed by atoms with E-state index in [-0.39, 0.29) is 12.0 Å². The summed E-state index contributed by atoms with van der Waals surface area (Å²) in [7, 11) is 1.68. The van der Waals surface area contributed by atoms with Gasteiger partial charge in [0.2, 0.25) is 0 Å². The van der Waals surface area contributed by atoms with Gasteiger partial charge in [-0.3, -0.25) is 4.90 Å². The minimum Gasteiger partial charge on any atom is -0.497 e. The summed E-state index contributed by atoms with van der Waals surface area (Å²) in [5, 5.41) is 0. The van der Waals surface area contributed by atoms with Crippen LogP contribution in [0.25, 0.3) is 0 Å². The average Bonchev–Trinajstić information content (AvgIpc) is 2.68. The quantitative estimate of drug-likeness (QED) is 0.618. The Hall–Kier alpha value is -2.53. The fourth-order valence-corrected chi connectivity index (χ4v) is 3.01. The standard InChI is InChI=1S/C20H24N2O3/c1-16(20(23)25-18-8-4-3-5-9-18)21-11-13-22(14-12-21)17-7-6-10-19(15-17)24-2/h3-10,15-16H,11-14H2,1-2H3. The number of anilines is 1. The molecule has 0 bridgehead atoms. The first-order chi connectivity index (χ1) is 12.2. The Bertz CT molecular complexity index is 697. The molecule has 1 atom stereocenters. The third-order valence-corrected chi connectivity index (χ3v) is 4.58. The highest BCUT2D eigenvalue weighted by Gasteiger charge is 2.27. The molecular weight excluding hydrogens is 316 g/mol. The monoisotopic (exact) mass is 340 g/mol. The summed E-state index contributed by atoms with van der Waals surface area (Å²) in [4.78, 5) is 16.8. The molecule has 0 amide bonds. The number of methoxy groups -OCH3 is 1. The first-order valence-corrected chi connectivity index (χ1v) is 8.57. The van der Waals surface area contributed by atoms with Crippen molar-refractivity contribution in [1.29, 1.82) is 0 Å². The molecule has 1 unspecified atom stereocenters. The highest BCUT2D eigenvalue weighted by atomic mass is 16.5. The molecule has 0 N–H and O–H groups in total. The molecule has 0 aliphatic carbocycles. The molecule has 2 aromatic carbocycles. The number of para-hydroxylation sites is 1. The maximum absolute atomic E-state index is 12.4. The van der Waals surface area contributed by atoms with Gasteiger partial charge in [0.15, 0.2) is 0 Å². The summed E-state index contributed by atoms with van der Waals surface area (Å²) in [6.45, 7) is 5.29. The van der Waals surface area contributed by atoms with Crippen molar-refractivity contribution in [3.05, 3.63) is 54.6 Å². The molecular formula is C20H24N2O3. The summed E-state index contributed by atoms with van der Waals surface area (Å²) >= 11 is 0. The number of ether oxygens (including phenoxy) is 2. The van der Waals surface area contributed by atoms with Crippen molar-refractivity contribution in [2.75, 3.05) is 38.2 Å². The smallest absolute Gasteiger partial charge is 0.328 e. The van der Waals surface area contributed by atoms with Crippen LogP contribution in [0.2, 0.25) is 0 Å². The van der Waals surface area contributed by atoms with Crippen LogP contribution in [0.5, 0.6) is 11.5 Å². The fraction of sp³-hybridized carbons (Fsp3) is 0.350. The minimum atomic E-state index is -0.257. The molecule has 5 heteroatoms. The van der Waals surface area contributed by atoms with Gasteiger partial charge >= 0.3 is 5.97 Å².